The lowest BCUT2D eigenvalue weighted by atomic mass is 10.1. The zero-order chi connectivity index (χ0) is 18.9. The van der Waals surface area contributed by atoms with Gasteiger partial charge in [0.2, 0.25) is 20.1 Å². The molecule has 27 heavy (non-hydrogen) atoms. The molecule has 8 nitrogen and oxygen atoms in total. The molecule has 0 bridgehead atoms. The second-order valence-electron chi connectivity index (χ2n) is 5.87. The number of rotatable bonds is 6. The first-order valence-corrected chi connectivity index (χ1v) is 10.5. The second kappa shape index (κ2) is 7.06. The molecule has 0 saturated heterocycles. The Kier molecular flexibility index (Phi) is 4.60. The van der Waals surface area contributed by atoms with Crippen LogP contribution >= 0.6 is 11.3 Å². The highest BCUT2D eigenvalue weighted by atomic mass is 32.2. The first-order valence-electron chi connectivity index (χ1n) is 8.11. The molecule has 10 heteroatoms. The number of imidazole rings is 1. The van der Waals surface area contributed by atoms with Gasteiger partial charge >= 0.3 is 0 Å². The summed E-state index contributed by atoms with van der Waals surface area (Å²) in [6.45, 7) is 0.668. The summed E-state index contributed by atoms with van der Waals surface area (Å²) in [7, 11) is -3.65. The van der Waals surface area contributed by atoms with Gasteiger partial charge in [0.05, 0.1) is 16.8 Å². The quantitative estimate of drug-likeness (QED) is 0.512. The molecule has 0 amide bonds. The molecule has 0 atom stereocenters. The first kappa shape index (κ1) is 17.6. The van der Waals surface area contributed by atoms with E-state index in [2.05, 4.69) is 20.4 Å². The number of hydrogen-bond donors (Lipinski definition) is 2. The number of benzene rings is 1. The molecule has 0 fully saturated rings. The lowest BCUT2D eigenvalue weighted by molar-refractivity contribution is 0.598. The Morgan fingerprint density at radius 3 is 2.67 bits per heavy atom. The smallest absolute Gasteiger partial charge is 0.238 e. The summed E-state index contributed by atoms with van der Waals surface area (Å²) in [6, 6.07) is 10.4. The van der Waals surface area contributed by atoms with Gasteiger partial charge in [0.15, 0.2) is 0 Å². The van der Waals surface area contributed by atoms with Gasteiger partial charge in [0.1, 0.15) is 0 Å². The third-order valence-corrected chi connectivity index (χ3v) is 5.75. The van der Waals surface area contributed by atoms with Crippen LogP contribution in [0.25, 0.3) is 16.2 Å². The predicted octanol–water partition coefficient (Wildman–Crippen LogP) is 2.15. The fraction of sp³-hybridized carbons (Fsp3) is 0.118. The molecular weight excluding hydrogens is 384 g/mol. The molecule has 0 radical (unpaired) electrons. The van der Waals surface area contributed by atoms with Crippen molar-refractivity contribution in [3.8, 4) is 11.3 Å². The zero-order valence-electron chi connectivity index (χ0n) is 14.1. The maximum absolute atomic E-state index is 11.3. The van der Waals surface area contributed by atoms with Crippen molar-refractivity contribution in [1.82, 2.24) is 19.6 Å². The minimum atomic E-state index is -3.65. The lowest BCUT2D eigenvalue weighted by Gasteiger charge is -2.04. The van der Waals surface area contributed by atoms with Crippen LogP contribution in [0.1, 0.15) is 5.56 Å². The van der Waals surface area contributed by atoms with Crippen molar-refractivity contribution in [2.45, 2.75) is 11.3 Å². The summed E-state index contributed by atoms with van der Waals surface area (Å²) in [6.07, 6.45) is 6.10. The van der Waals surface area contributed by atoms with Gasteiger partial charge in [-0.15, -0.1) is 5.10 Å². The van der Waals surface area contributed by atoms with E-state index in [1.165, 1.54) is 23.5 Å². The minimum Gasteiger partial charge on any atom is -0.360 e. The number of nitrogens with two attached hydrogens (primary N) is 1. The summed E-state index contributed by atoms with van der Waals surface area (Å²) in [5.41, 5.74) is 2.80. The zero-order valence-corrected chi connectivity index (χ0v) is 15.7. The van der Waals surface area contributed by atoms with Crippen LogP contribution in [0.5, 0.6) is 0 Å². The van der Waals surface area contributed by atoms with E-state index < -0.39 is 10.0 Å². The molecule has 0 spiro atoms. The van der Waals surface area contributed by atoms with Crippen LogP contribution in [0.2, 0.25) is 0 Å². The Labute approximate surface area is 159 Å². The van der Waals surface area contributed by atoms with Crippen LogP contribution in [0.15, 0.2) is 59.9 Å². The maximum Gasteiger partial charge on any atom is 0.238 e. The number of pyridine rings is 1. The van der Waals surface area contributed by atoms with Crippen LogP contribution in [0.3, 0.4) is 0 Å². The van der Waals surface area contributed by atoms with Gasteiger partial charge in [0.25, 0.3) is 0 Å². The predicted molar refractivity (Wildman–Crippen MR) is 104 cm³/mol. The van der Waals surface area contributed by atoms with E-state index in [0.717, 1.165) is 33.3 Å². The van der Waals surface area contributed by atoms with Gasteiger partial charge in [-0.25, -0.2) is 23.1 Å². The molecule has 0 unspecified atom stereocenters. The average Bonchev–Trinajstić information content (AvgIpc) is 3.21. The normalized spacial score (nSPS) is 11.7. The molecular formula is C17H16N6O2S2. The van der Waals surface area contributed by atoms with Crippen LogP contribution in [-0.2, 0) is 16.4 Å². The maximum atomic E-state index is 11.3. The van der Waals surface area contributed by atoms with Crippen molar-refractivity contribution in [2.75, 3.05) is 11.9 Å². The molecule has 3 N–H and O–H groups in total. The molecule has 0 aliphatic heterocycles. The van der Waals surface area contributed by atoms with E-state index in [-0.39, 0.29) is 4.90 Å². The molecule has 0 saturated carbocycles. The third-order valence-electron chi connectivity index (χ3n) is 3.94. The molecule has 4 rings (SSSR count). The van der Waals surface area contributed by atoms with Gasteiger partial charge in [-0.05, 0) is 36.2 Å². The molecule has 3 aromatic heterocycles. The van der Waals surface area contributed by atoms with Crippen LogP contribution in [0.4, 0.5) is 5.13 Å². The minimum absolute atomic E-state index is 0.116. The van der Waals surface area contributed by atoms with Crippen LogP contribution in [-0.4, -0.2) is 34.5 Å². The standard InChI is InChI=1S/C17H16N6O2S2/c18-27(24,25)14-5-3-12(4-6-14)7-9-20-16-22-23-11-15(21-17(23)26-16)13-2-1-8-19-10-13/h1-6,8,10-11H,7,9H2,(H,20,22)(H2,18,24,25). The van der Waals surface area contributed by atoms with E-state index >= 15 is 0 Å². The molecule has 0 aliphatic carbocycles. The highest BCUT2D eigenvalue weighted by Crippen LogP contribution is 2.23. The molecule has 138 valence electrons. The van der Waals surface area contributed by atoms with Gasteiger partial charge in [-0.3, -0.25) is 4.98 Å². The Hall–Kier alpha value is -2.82. The van der Waals surface area contributed by atoms with E-state index in [9.17, 15) is 8.42 Å². The molecule has 1 aromatic carbocycles. The van der Waals surface area contributed by atoms with Gasteiger partial charge in [0, 0.05) is 24.5 Å². The van der Waals surface area contributed by atoms with Crippen molar-refractivity contribution in [3.63, 3.8) is 0 Å². The van der Waals surface area contributed by atoms with E-state index in [0.29, 0.717) is 6.54 Å². The highest BCUT2D eigenvalue weighted by Gasteiger charge is 2.10. The monoisotopic (exact) mass is 400 g/mol. The van der Waals surface area contributed by atoms with Crippen molar-refractivity contribution in [3.05, 3.63) is 60.6 Å². The van der Waals surface area contributed by atoms with Crippen molar-refractivity contribution >= 4 is 31.5 Å². The third kappa shape index (κ3) is 3.97. The van der Waals surface area contributed by atoms with Crippen LogP contribution in [0, 0.1) is 0 Å². The number of anilines is 1. The Bertz CT molecular complexity index is 1140. The fourth-order valence-electron chi connectivity index (χ4n) is 2.58. The van der Waals surface area contributed by atoms with Crippen molar-refractivity contribution in [2.24, 2.45) is 5.14 Å². The Morgan fingerprint density at radius 2 is 2.00 bits per heavy atom. The molecule has 4 aromatic rings. The van der Waals surface area contributed by atoms with Gasteiger partial charge < -0.3 is 5.32 Å². The van der Waals surface area contributed by atoms with Gasteiger partial charge in [-0.2, -0.15) is 0 Å². The Balaban J connectivity index is 1.39. The number of hydrogen-bond acceptors (Lipinski definition) is 7. The molecule has 3 heterocycles. The summed E-state index contributed by atoms with van der Waals surface area (Å²) in [4.78, 5) is 9.59. The number of primary sulfonamides is 1. The average molecular weight is 400 g/mol. The van der Waals surface area contributed by atoms with Crippen molar-refractivity contribution in [1.29, 1.82) is 0 Å². The molecule has 0 aliphatic rings. The van der Waals surface area contributed by atoms with Gasteiger partial charge in [-0.1, -0.05) is 23.5 Å². The summed E-state index contributed by atoms with van der Waals surface area (Å²) in [5.74, 6) is 0. The number of nitrogens with one attached hydrogen (secondary N) is 1. The number of nitrogens with zero attached hydrogens (tertiary/aromatic N) is 4. The summed E-state index contributed by atoms with van der Waals surface area (Å²) >= 11 is 1.47. The summed E-state index contributed by atoms with van der Waals surface area (Å²) < 4.78 is 24.3. The fourth-order valence-corrected chi connectivity index (χ4v) is 3.91. The first-order chi connectivity index (χ1) is 13.0. The largest absolute Gasteiger partial charge is 0.360 e. The SMILES string of the molecule is NS(=O)(=O)c1ccc(CCNc2nn3cc(-c4cccnc4)nc3s2)cc1. The van der Waals surface area contributed by atoms with E-state index in [4.69, 9.17) is 5.14 Å². The lowest BCUT2D eigenvalue weighted by Crippen LogP contribution is -2.12. The van der Waals surface area contributed by atoms with E-state index in [1.807, 2.05) is 18.3 Å². The summed E-state index contributed by atoms with van der Waals surface area (Å²) in [5, 5.41) is 13.6. The number of aromatic nitrogens is 4. The number of sulfonamides is 1. The highest BCUT2D eigenvalue weighted by molar-refractivity contribution is 7.89. The van der Waals surface area contributed by atoms with Crippen LogP contribution < -0.4 is 10.5 Å². The Morgan fingerprint density at radius 1 is 1.19 bits per heavy atom. The topological polar surface area (TPSA) is 115 Å². The second-order valence-corrected chi connectivity index (χ2v) is 8.39. The van der Waals surface area contributed by atoms with E-state index in [1.54, 1.807) is 29.0 Å². The number of fused-ring (bicyclic) bond motifs is 1. The van der Waals surface area contributed by atoms with Crippen molar-refractivity contribution < 1.29 is 8.42 Å².